The number of methoxy groups -OCH3 is 1. The Kier molecular flexibility index (Phi) is 6.18. The zero-order valence-electron chi connectivity index (χ0n) is 14.9. The van der Waals surface area contributed by atoms with Crippen LogP contribution in [0, 0.1) is 0 Å². The van der Waals surface area contributed by atoms with Gasteiger partial charge in [-0.25, -0.2) is 4.79 Å². The smallest absolute Gasteiger partial charge is 0.344 e. The van der Waals surface area contributed by atoms with E-state index in [-0.39, 0.29) is 6.79 Å². The summed E-state index contributed by atoms with van der Waals surface area (Å²) in [5, 5.41) is 12.4. The van der Waals surface area contributed by atoms with E-state index in [2.05, 4.69) is 40.9 Å². The normalized spacial score (nSPS) is 19.5. The zero-order chi connectivity index (χ0) is 18.7. The van der Waals surface area contributed by atoms with Crippen LogP contribution < -0.4 is 10.1 Å². The van der Waals surface area contributed by atoms with E-state index in [1.54, 1.807) is 25.3 Å². The molecule has 0 radical (unpaired) electrons. The lowest BCUT2D eigenvalue weighted by atomic mass is 10.0. The molecule has 0 spiro atoms. The number of aliphatic carboxylic acids is 1. The maximum absolute atomic E-state index is 11.6. The number of anilines is 1. The highest BCUT2D eigenvalue weighted by Crippen LogP contribution is 2.39. The van der Waals surface area contributed by atoms with Gasteiger partial charge in [-0.05, 0) is 40.2 Å². The minimum Gasteiger partial charge on any atom is -0.497 e. The van der Waals surface area contributed by atoms with Gasteiger partial charge < -0.3 is 24.6 Å². The number of carboxylic acid groups (broad SMARTS) is 1. The van der Waals surface area contributed by atoms with Gasteiger partial charge in [-0.1, -0.05) is 19.6 Å². The first-order valence-electron chi connectivity index (χ1n) is 7.97. The molecule has 1 unspecified atom stereocenters. The van der Waals surface area contributed by atoms with E-state index in [0.717, 1.165) is 11.6 Å². The third-order valence-corrected chi connectivity index (χ3v) is 6.21. The van der Waals surface area contributed by atoms with Crippen molar-refractivity contribution in [3.8, 4) is 5.75 Å². The third kappa shape index (κ3) is 5.23. The standard InChI is InChI=1S/C17H24BrNO5Si/c1-22-12-5-6-14-13(9-12)15(10-17(18,19-14)16(20)21)24-11-23-7-8-25(2,3)4/h5-6,9-10,19H,7-8,11H2,1-4H3,(H,20,21). The lowest BCUT2D eigenvalue weighted by Crippen LogP contribution is -2.40. The van der Waals surface area contributed by atoms with Crippen LogP contribution in [0.2, 0.25) is 25.7 Å². The van der Waals surface area contributed by atoms with Gasteiger partial charge in [-0.3, -0.25) is 0 Å². The number of rotatable bonds is 8. The van der Waals surface area contributed by atoms with Crippen LogP contribution in [0.1, 0.15) is 5.56 Å². The quantitative estimate of drug-likeness (QED) is 0.214. The second-order valence-electron chi connectivity index (χ2n) is 7.04. The first-order chi connectivity index (χ1) is 11.6. The average Bonchev–Trinajstić information content (AvgIpc) is 2.52. The number of carbonyl (C=O) groups is 1. The third-order valence-electron chi connectivity index (χ3n) is 3.74. The number of fused-ring (bicyclic) bond motifs is 1. The van der Waals surface area contributed by atoms with Crippen LogP contribution in [0.4, 0.5) is 5.69 Å². The summed E-state index contributed by atoms with van der Waals surface area (Å²) >= 11 is 3.22. The Morgan fingerprint density at radius 2 is 2.08 bits per heavy atom. The molecule has 8 heteroatoms. The number of halogens is 1. The van der Waals surface area contributed by atoms with Gasteiger partial charge in [0.25, 0.3) is 0 Å². The highest BCUT2D eigenvalue weighted by Gasteiger charge is 2.38. The summed E-state index contributed by atoms with van der Waals surface area (Å²) in [6.07, 6.45) is 1.49. The van der Waals surface area contributed by atoms with Crippen LogP contribution >= 0.6 is 15.9 Å². The molecule has 1 atom stereocenters. The lowest BCUT2D eigenvalue weighted by Gasteiger charge is -2.30. The van der Waals surface area contributed by atoms with E-state index >= 15 is 0 Å². The van der Waals surface area contributed by atoms with Crippen molar-refractivity contribution in [1.82, 2.24) is 0 Å². The van der Waals surface area contributed by atoms with E-state index in [4.69, 9.17) is 14.2 Å². The molecule has 0 saturated heterocycles. The second-order valence-corrected chi connectivity index (χ2v) is 13.9. The van der Waals surface area contributed by atoms with Crippen molar-refractivity contribution in [2.45, 2.75) is 30.1 Å². The molecule has 25 heavy (non-hydrogen) atoms. The van der Waals surface area contributed by atoms with Crippen LogP contribution in [0.5, 0.6) is 5.75 Å². The number of hydrogen-bond acceptors (Lipinski definition) is 5. The second kappa shape index (κ2) is 7.80. The van der Waals surface area contributed by atoms with Crippen molar-refractivity contribution in [3.05, 3.63) is 29.8 Å². The Bertz CT molecular complexity index is 673. The van der Waals surface area contributed by atoms with Gasteiger partial charge in [0.05, 0.1) is 7.11 Å². The molecular formula is C17H24BrNO5Si. The van der Waals surface area contributed by atoms with Crippen molar-refractivity contribution < 1.29 is 24.1 Å². The average molecular weight is 430 g/mol. The highest BCUT2D eigenvalue weighted by atomic mass is 79.9. The minimum absolute atomic E-state index is 0.0651. The molecule has 1 aliphatic rings. The fourth-order valence-corrected chi connectivity index (χ4v) is 3.41. The molecule has 0 fully saturated rings. The number of ether oxygens (including phenoxy) is 3. The van der Waals surface area contributed by atoms with Gasteiger partial charge in [-0.2, -0.15) is 0 Å². The number of carboxylic acids is 1. The highest BCUT2D eigenvalue weighted by molar-refractivity contribution is 9.10. The molecule has 2 rings (SSSR count). The van der Waals surface area contributed by atoms with Crippen LogP contribution in [0.25, 0.3) is 5.76 Å². The Morgan fingerprint density at radius 3 is 2.68 bits per heavy atom. The molecule has 6 nitrogen and oxygen atoms in total. The molecule has 138 valence electrons. The summed E-state index contributed by atoms with van der Waals surface area (Å²) in [6.45, 7) is 7.53. The summed E-state index contributed by atoms with van der Waals surface area (Å²) in [4.78, 5) is 11.6. The van der Waals surface area contributed by atoms with Crippen molar-refractivity contribution in [2.24, 2.45) is 0 Å². The van der Waals surface area contributed by atoms with E-state index in [0.29, 0.717) is 23.8 Å². The maximum Gasteiger partial charge on any atom is 0.344 e. The van der Waals surface area contributed by atoms with Gasteiger partial charge in [0, 0.05) is 32.0 Å². The monoisotopic (exact) mass is 429 g/mol. The topological polar surface area (TPSA) is 77.0 Å². The number of benzene rings is 1. The van der Waals surface area contributed by atoms with E-state index in [1.807, 2.05) is 0 Å². The summed E-state index contributed by atoms with van der Waals surface area (Å²) in [6, 6.07) is 6.35. The lowest BCUT2D eigenvalue weighted by molar-refractivity contribution is -0.137. The van der Waals surface area contributed by atoms with Gasteiger partial charge in [0.15, 0.2) is 6.79 Å². The van der Waals surface area contributed by atoms with Crippen LogP contribution in [-0.4, -0.2) is 44.1 Å². The molecule has 0 saturated carbocycles. The summed E-state index contributed by atoms with van der Waals surface area (Å²) in [7, 11) is 0.415. The van der Waals surface area contributed by atoms with Crippen LogP contribution in [-0.2, 0) is 14.3 Å². The van der Waals surface area contributed by atoms with E-state index in [1.165, 1.54) is 6.08 Å². The number of nitrogens with one attached hydrogen (secondary N) is 1. The Hall–Kier alpha value is -1.51. The molecule has 0 aliphatic carbocycles. The molecule has 0 aromatic heterocycles. The summed E-state index contributed by atoms with van der Waals surface area (Å²) in [5.74, 6) is 0.0294. The Morgan fingerprint density at radius 1 is 1.36 bits per heavy atom. The first-order valence-corrected chi connectivity index (χ1v) is 12.5. The minimum atomic E-state index is -1.43. The van der Waals surface area contributed by atoms with Crippen LogP contribution in [0.3, 0.4) is 0 Å². The van der Waals surface area contributed by atoms with Crippen molar-refractivity contribution in [3.63, 3.8) is 0 Å². The molecule has 1 aliphatic heterocycles. The predicted octanol–water partition coefficient (Wildman–Crippen LogP) is 3.97. The van der Waals surface area contributed by atoms with Gasteiger partial charge in [0.2, 0.25) is 4.45 Å². The van der Waals surface area contributed by atoms with Gasteiger partial charge in [0.1, 0.15) is 11.5 Å². The number of hydrogen-bond donors (Lipinski definition) is 2. The van der Waals surface area contributed by atoms with E-state index in [9.17, 15) is 9.90 Å². The molecule has 0 amide bonds. The summed E-state index contributed by atoms with van der Waals surface area (Å²) < 4.78 is 15.1. The predicted molar refractivity (Wildman–Crippen MR) is 104 cm³/mol. The fourth-order valence-electron chi connectivity index (χ4n) is 2.23. The largest absolute Gasteiger partial charge is 0.497 e. The Labute approximate surface area is 157 Å². The van der Waals surface area contributed by atoms with Gasteiger partial charge >= 0.3 is 5.97 Å². The molecule has 1 aromatic carbocycles. The molecule has 1 aromatic rings. The Balaban J connectivity index is 2.15. The SMILES string of the molecule is COc1ccc2c(c1)C(OCOCC[Si](C)(C)C)=CC(Br)(C(=O)O)N2. The van der Waals surface area contributed by atoms with E-state index < -0.39 is 18.5 Å². The molecule has 1 heterocycles. The zero-order valence-corrected chi connectivity index (χ0v) is 17.5. The summed E-state index contributed by atoms with van der Waals surface area (Å²) in [5.41, 5.74) is 1.36. The van der Waals surface area contributed by atoms with Crippen molar-refractivity contribution in [2.75, 3.05) is 25.8 Å². The fraction of sp³-hybridized carbons (Fsp3) is 0.471. The molecule has 0 bridgehead atoms. The first kappa shape index (κ1) is 19.8. The maximum atomic E-state index is 11.6. The van der Waals surface area contributed by atoms with Crippen molar-refractivity contribution in [1.29, 1.82) is 0 Å². The molecule has 2 N–H and O–H groups in total. The number of alkyl halides is 1. The van der Waals surface area contributed by atoms with Crippen molar-refractivity contribution >= 4 is 41.4 Å². The van der Waals surface area contributed by atoms with Gasteiger partial charge in [-0.15, -0.1) is 0 Å². The molecular weight excluding hydrogens is 406 g/mol. The van der Waals surface area contributed by atoms with Crippen LogP contribution in [0.15, 0.2) is 24.3 Å².